The Balaban J connectivity index is 0.00000288. The second kappa shape index (κ2) is 9.00. The van der Waals surface area contributed by atoms with Gasteiger partial charge in [0, 0.05) is 19.2 Å². The molecular formula is C14H23ClN2O5S2. The number of hydrogen-bond acceptors (Lipinski definition) is 7. The van der Waals surface area contributed by atoms with E-state index in [9.17, 15) is 13.2 Å². The molecule has 1 aromatic heterocycles. The minimum Gasteiger partial charge on any atom is -0.494 e. The van der Waals surface area contributed by atoms with Gasteiger partial charge in [0.25, 0.3) is 10.0 Å². The lowest BCUT2D eigenvalue weighted by atomic mass is 9.98. The van der Waals surface area contributed by atoms with Gasteiger partial charge in [0.1, 0.15) is 4.88 Å². The quantitative estimate of drug-likeness (QED) is 0.732. The van der Waals surface area contributed by atoms with Gasteiger partial charge in [-0.1, -0.05) is 0 Å². The molecule has 1 fully saturated rings. The maximum atomic E-state index is 12.8. The van der Waals surface area contributed by atoms with Gasteiger partial charge < -0.3 is 14.8 Å². The van der Waals surface area contributed by atoms with Crippen LogP contribution in [0.5, 0.6) is 5.75 Å². The van der Waals surface area contributed by atoms with Crippen LogP contribution in [0.1, 0.15) is 22.5 Å². The van der Waals surface area contributed by atoms with Crippen molar-refractivity contribution in [3.63, 3.8) is 0 Å². The van der Waals surface area contributed by atoms with Crippen LogP contribution in [0.15, 0.2) is 10.3 Å². The number of sulfonamides is 1. The van der Waals surface area contributed by atoms with E-state index < -0.39 is 16.0 Å². The highest BCUT2D eigenvalue weighted by atomic mass is 35.5. The van der Waals surface area contributed by atoms with Crippen LogP contribution >= 0.6 is 23.7 Å². The molecule has 1 aromatic rings. The molecule has 0 aliphatic carbocycles. The Morgan fingerprint density at radius 2 is 2.00 bits per heavy atom. The Morgan fingerprint density at radius 1 is 1.38 bits per heavy atom. The molecule has 0 amide bonds. The smallest absolute Gasteiger partial charge is 0.348 e. The number of carbonyl (C=O) groups is 1. The Hall–Kier alpha value is -0.870. The molecule has 2 rings (SSSR count). The van der Waals surface area contributed by atoms with Gasteiger partial charge in [0.2, 0.25) is 0 Å². The summed E-state index contributed by atoms with van der Waals surface area (Å²) in [5.74, 6) is 0.109. The number of esters is 1. The SMILES string of the molecule is CNCC1CCN(S(=O)(=O)c2sc(C(=O)OC)cc2OC)CC1.Cl. The number of carbonyl (C=O) groups excluding carboxylic acids is 1. The normalized spacial score (nSPS) is 16.5. The lowest BCUT2D eigenvalue weighted by molar-refractivity contribution is 0.0606. The first-order chi connectivity index (χ1) is 10.9. The Bertz CT molecular complexity index is 654. The second-order valence-corrected chi connectivity index (χ2v) is 8.55. The van der Waals surface area contributed by atoms with Crippen molar-refractivity contribution in [2.24, 2.45) is 5.92 Å². The van der Waals surface area contributed by atoms with E-state index in [1.807, 2.05) is 7.05 Å². The average Bonchev–Trinajstić information content (AvgIpc) is 3.00. The topological polar surface area (TPSA) is 84.9 Å². The molecule has 0 aromatic carbocycles. The summed E-state index contributed by atoms with van der Waals surface area (Å²) >= 11 is 0.887. The van der Waals surface area contributed by atoms with Crippen molar-refractivity contribution in [2.45, 2.75) is 17.1 Å². The Labute approximate surface area is 152 Å². The molecular weight excluding hydrogens is 376 g/mol. The van der Waals surface area contributed by atoms with Crippen molar-refractivity contribution in [2.75, 3.05) is 40.9 Å². The highest BCUT2D eigenvalue weighted by Gasteiger charge is 2.34. The van der Waals surface area contributed by atoms with Crippen molar-refractivity contribution in [1.29, 1.82) is 0 Å². The van der Waals surface area contributed by atoms with Gasteiger partial charge in [0.15, 0.2) is 9.96 Å². The van der Waals surface area contributed by atoms with Gasteiger partial charge in [-0.15, -0.1) is 23.7 Å². The number of halogens is 1. The molecule has 0 bridgehead atoms. The molecule has 0 radical (unpaired) electrons. The van der Waals surface area contributed by atoms with Crippen LogP contribution in [0, 0.1) is 5.92 Å². The number of nitrogens with zero attached hydrogens (tertiary/aromatic N) is 1. The standard InChI is InChI=1S/C14H22N2O5S2.ClH/c1-15-9-10-4-6-16(7-5-10)23(18,19)14-11(20-2)8-12(22-14)13(17)21-3;/h8,10,15H,4-7,9H2,1-3H3;1H. The zero-order chi connectivity index (χ0) is 17.0. The van der Waals surface area contributed by atoms with Gasteiger partial charge >= 0.3 is 5.97 Å². The van der Waals surface area contributed by atoms with Crippen molar-refractivity contribution in [3.05, 3.63) is 10.9 Å². The van der Waals surface area contributed by atoms with Crippen LogP contribution < -0.4 is 10.1 Å². The van der Waals surface area contributed by atoms with Crippen LogP contribution in [-0.2, 0) is 14.8 Å². The molecule has 1 N–H and O–H groups in total. The molecule has 2 heterocycles. The highest BCUT2D eigenvalue weighted by molar-refractivity contribution is 7.91. The van der Waals surface area contributed by atoms with Crippen molar-refractivity contribution >= 4 is 39.7 Å². The van der Waals surface area contributed by atoms with Gasteiger partial charge in [-0.25, -0.2) is 13.2 Å². The summed E-state index contributed by atoms with van der Waals surface area (Å²) < 4.78 is 37.0. The summed E-state index contributed by atoms with van der Waals surface area (Å²) in [6.07, 6.45) is 1.63. The zero-order valence-corrected chi connectivity index (χ0v) is 16.4. The lowest BCUT2D eigenvalue weighted by Gasteiger charge is -2.30. The summed E-state index contributed by atoms with van der Waals surface area (Å²) in [7, 11) is 0.881. The summed E-state index contributed by atoms with van der Waals surface area (Å²) in [4.78, 5) is 11.8. The number of methoxy groups -OCH3 is 2. The van der Waals surface area contributed by atoms with E-state index in [0.29, 0.717) is 19.0 Å². The predicted molar refractivity (Wildman–Crippen MR) is 94.9 cm³/mol. The fourth-order valence-corrected chi connectivity index (χ4v) is 5.75. The summed E-state index contributed by atoms with van der Waals surface area (Å²) in [5, 5.41) is 3.13. The third-order valence-electron chi connectivity index (χ3n) is 3.91. The molecule has 7 nitrogen and oxygen atoms in total. The molecule has 1 aliphatic heterocycles. The number of hydrogen-bond donors (Lipinski definition) is 1. The van der Waals surface area contributed by atoms with Crippen molar-refractivity contribution in [3.8, 4) is 5.75 Å². The van der Waals surface area contributed by atoms with Crippen molar-refractivity contribution in [1.82, 2.24) is 9.62 Å². The van der Waals surface area contributed by atoms with Crippen LogP contribution in [0.4, 0.5) is 0 Å². The van der Waals surface area contributed by atoms with Crippen LogP contribution in [0.3, 0.4) is 0 Å². The summed E-state index contributed by atoms with van der Waals surface area (Å²) in [5.41, 5.74) is 0. The number of ether oxygens (including phenoxy) is 2. The van der Waals surface area contributed by atoms with E-state index in [4.69, 9.17) is 4.74 Å². The van der Waals surface area contributed by atoms with Crippen LogP contribution in [0.25, 0.3) is 0 Å². The monoisotopic (exact) mass is 398 g/mol. The molecule has 10 heteroatoms. The zero-order valence-electron chi connectivity index (χ0n) is 13.9. The average molecular weight is 399 g/mol. The first kappa shape index (κ1) is 21.2. The molecule has 0 saturated carbocycles. The van der Waals surface area contributed by atoms with Crippen LogP contribution in [0.2, 0.25) is 0 Å². The largest absolute Gasteiger partial charge is 0.494 e. The van der Waals surface area contributed by atoms with E-state index in [1.54, 1.807) is 0 Å². The van der Waals surface area contributed by atoms with Gasteiger partial charge in [-0.3, -0.25) is 0 Å². The van der Waals surface area contributed by atoms with E-state index in [2.05, 4.69) is 10.1 Å². The maximum Gasteiger partial charge on any atom is 0.348 e. The Kier molecular flexibility index (Phi) is 7.94. The molecule has 1 aliphatic rings. The first-order valence-corrected chi connectivity index (χ1v) is 9.60. The van der Waals surface area contributed by atoms with Crippen LogP contribution in [-0.4, -0.2) is 59.6 Å². The third kappa shape index (κ3) is 4.40. The van der Waals surface area contributed by atoms with E-state index in [0.717, 1.165) is 30.7 Å². The Morgan fingerprint density at radius 3 is 2.50 bits per heavy atom. The van der Waals surface area contributed by atoms with Gasteiger partial charge in [-0.05, 0) is 32.4 Å². The van der Waals surface area contributed by atoms with E-state index >= 15 is 0 Å². The molecule has 24 heavy (non-hydrogen) atoms. The highest BCUT2D eigenvalue weighted by Crippen LogP contribution is 2.37. The molecule has 138 valence electrons. The maximum absolute atomic E-state index is 12.8. The van der Waals surface area contributed by atoms with E-state index in [-0.39, 0.29) is 27.2 Å². The lowest BCUT2D eigenvalue weighted by Crippen LogP contribution is -2.40. The van der Waals surface area contributed by atoms with Crippen molar-refractivity contribution < 1.29 is 22.7 Å². The number of rotatable bonds is 6. The number of nitrogens with one attached hydrogen (secondary N) is 1. The fourth-order valence-electron chi connectivity index (χ4n) is 2.64. The number of thiophene rings is 1. The number of piperidine rings is 1. The van der Waals surface area contributed by atoms with E-state index in [1.165, 1.54) is 24.6 Å². The fraction of sp³-hybridized carbons (Fsp3) is 0.643. The second-order valence-electron chi connectivity index (χ2n) is 5.36. The molecule has 0 unspecified atom stereocenters. The molecule has 0 atom stereocenters. The first-order valence-electron chi connectivity index (χ1n) is 7.35. The van der Waals surface area contributed by atoms with Gasteiger partial charge in [0.05, 0.1) is 14.2 Å². The minimum atomic E-state index is -3.67. The third-order valence-corrected chi connectivity index (χ3v) is 7.40. The summed E-state index contributed by atoms with van der Waals surface area (Å²) in [6, 6.07) is 1.41. The predicted octanol–water partition coefficient (Wildman–Crippen LogP) is 1.59. The van der Waals surface area contributed by atoms with Gasteiger partial charge in [-0.2, -0.15) is 4.31 Å². The summed E-state index contributed by atoms with van der Waals surface area (Å²) in [6.45, 7) is 1.84. The molecule has 0 spiro atoms. The minimum absolute atomic E-state index is 0. The molecule has 1 saturated heterocycles.